The number of carboxylic acids is 2. The molecule has 1 aromatic heterocycles. The van der Waals surface area contributed by atoms with Crippen molar-refractivity contribution in [3.8, 4) is 16.9 Å². The largest absolute Gasteiger partial charge is 0.494 e. The molecule has 0 radical (unpaired) electrons. The van der Waals surface area contributed by atoms with Crippen LogP contribution in [0.15, 0.2) is 107 Å². The lowest BCUT2D eigenvalue weighted by molar-refractivity contribution is -0.139. The summed E-state index contributed by atoms with van der Waals surface area (Å²) >= 11 is 0. The van der Waals surface area contributed by atoms with Gasteiger partial charge in [-0.05, 0) is 62.2 Å². The van der Waals surface area contributed by atoms with Crippen molar-refractivity contribution in [1.82, 2.24) is 19.4 Å². The molecule has 0 aliphatic heterocycles. The van der Waals surface area contributed by atoms with E-state index in [-0.39, 0.29) is 54.9 Å². The molecule has 0 saturated heterocycles. The number of carbonyl (C=O) groups is 2. The van der Waals surface area contributed by atoms with E-state index in [1.165, 1.54) is 32.2 Å². The van der Waals surface area contributed by atoms with E-state index >= 15 is 8.78 Å². The number of carboxylic acid groups (broad SMARTS) is 2. The summed E-state index contributed by atoms with van der Waals surface area (Å²) in [5.74, 6) is -4.52. The van der Waals surface area contributed by atoms with Crippen molar-refractivity contribution >= 4 is 11.9 Å². The molecule has 0 saturated carbocycles. The maximum atomic E-state index is 16.1. The number of aromatic nitrogens is 2. The molecule has 0 amide bonds. The van der Waals surface area contributed by atoms with E-state index in [2.05, 4.69) is 5.32 Å². The minimum atomic E-state index is -5.02. The predicted molar refractivity (Wildman–Crippen MR) is 214 cm³/mol. The Kier molecular flexibility index (Phi) is 15.2. The topological polar surface area (TPSA) is 143 Å². The third-order valence-electron chi connectivity index (χ3n) is 10.3. The van der Waals surface area contributed by atoms with Crippen LogP contribution in [0.4, 0.5) is 22.0 Å². The summed E-state index contributed by atoms with van der Waals surface area (Å²) in [7, 11) is 1.21. The van der Waals surface area contributed by atoms with Crippen molar-refractivity contribution in [1.29, 1.82) is 0 Å². The van der Waals surface area contributed by atoms with Gasteiger partial charge in [-0.3, -0.25) is 28.4 Å². The standard InChI is InChI=1S/C44H45F5N4O7/c1-28-40(31-17-9-20-37(60-2)41(31)46)42(58)53(43(59)52(28)25-32-33(44(47,48)49)18-10-19-34(32)45)27-36(30-15-7-4-8-16-30)51(24-12-22-39(56)57)26-35(29-13-5-3-6-14-29)50-23-11-21-38(54)55/h3-10,13-20,35-36,50H,11-12,21-27H2,1-2H3,(H,54,55)(H,56,57)/t35-,36-/m0/s1. The Morgan fingerprint density at radius 2 is 1.43 bits per heavy atom. The van der Waals surface area contributed by atoms with Crippen LogP contribution in [0.1, 0.15) is 65.7 Å². The van der Waals surface area contributed by atoms with Crippen LogP contribution in [-0.4, -0.2) is 62.9 Å². The molecule has 0 unspecified atom stereocenters. The Morgan fingerprint density at radius 3 is 2.05 bits per heavy atom. The highest BCUT2D eigenvalue weighted by Gasteiger charge is 2.35. The van der Waals surface area contributed by atoms with Crippen molar-refractivity contribution < 1.29 is 46.5 Å². The fourth-order valence-corrected chi connectivity index (χ4v) is 7.27. The molecule has 16 heteroatoms. The van der Waals surface area contributed by atoms with Gasteiger partial charge in [0.2, 0.25) is 0 Å². The first-order chi connectivity index (χ1) is 28.6. The molecule has 1 heterocycles. The lowest BCUT2D eigenvalue weighted by Crippen LogP contribution is -2.47. The first kappa shape index (κ1) is 45.0. The van der Waals surface area contributed by atoms with Crippen LogP contribution < -0.4 is 21.3 Å². The third kappa shape index (κ3) is 10.9. The van der Waals surface area contributed by atoms with E-state index in [0.717, 1.165) is 26.8 Å². The van der Waals surface area contributed by atoms with Gasteiger partial charge in [0.1, 0.15) is 5.82 Å². The summed E-state index contributed by atoms with van der Waals surface area (Å²) in [6, 6.07) is 22.8. The van der Waals surface area contributed by atoms with E-state index in [4.69, 9.17) is 4.74 Å². The van der Waals surface area contributed by atoms with Gasteiger partial charge < -0.3 is 20.3 Å². The zero-order valence-corrected chi connectivity index (χ0v) is 32.9. The highest BCUT2D eigenvalue weighted by Crippen LogP contribution is 2.35. The van der Waals surface area contributed by atoms with Crippen molar-refractivity contribution in [3.05, 3.63) is 157 Å². The molecule has 60 heavy (non-hydrogen) atoms. The minimum Gasteiger partial charge on any atom is -0.494 e. The number of benzene rings is 4. The van der Waals surface area contributed by atoms with Crippen molar-refractivity contribution in [2.45, 2.75) is 64.0 Å². The van der Waals surface area contributed by atoms with Gasteiger partial charge in [0.05, 0.1) is 37.4 Å². The summed E-state index contributed by atoms with van der Waals surface area (Å²) in [6.07, 6.45) is -4.93. The second-order valence-corrected chi connectivity index (χ2v) is 14.2. The van der Waals surface area contributed by atoms with E-state index in [0.29, 0.717) is 24.6 Å². The van der Waals surface area contributed by atoms with Crippen LogP contribution >= 0.6 is 0 Å². The van der Waals surface area contributed by atoms with Crippen LogP contribution in [0.3, 0.4) is 0 Å². The number of alkyl halides is 3. The molecule has 5 aromatic rings. The lowest BCUT2D eigenvalue weighted by Gasteiger charge is -2.36. The van der Waals surface area contributed by atoms with E-state index in [1.54, 1.807) is 30.3 Å². The van der Waals surface area contributed by atoms with E-state index in [9.17, 15) is 42.6 Å². The second-order valence-electron chi connectivity index (χ2n) is 14.2. The quantitative estimate of drug-likeness (QED) is 0.0539. The maximum Gasteiger partial charge on any atom is 0.416 e. The third-order valence-corrected chi connectivity index (χ3v) is 10.3. The van der Waals surface area contributed by atoms with Gasteiger partial charge in [0.25, 0.3) is 5.56 Å². The maximum absolute atomic E-state index is 16.1. The number of halogens is 5. The van der Waals surface area contributed by atoms with Gasteiger partial charge in [0, 0.05) is 42.2 Å². The van der Waals surface area contributed by atoms with E-state index < -0.39 is 77.3 Å². The molecule has 3 N–H and O–H groups in total. The van der Waals surface area contributed by atoms with Crippen LogP contribution in [0.2, 0.25) is 0 Å². The summed E-state index contributed by atoms with van der Waals surface area (Å²) in [5, 5.41) is 22.2. The first-order valence-corrected chi connectivity index (χ1v) is 19.1. The molecule has 0 aliphatic rings. The number of hydrogen-bond acceptors (Lipinski definition) is 7. The molecule has 318 valence electrons. The van der Waals surface area contributed by atoms with Gasteiger partial charge in [-0.25, -0.2) is 13.6 Å². The number of rotatable bonds is 20. The number of hydrogen-bond donors (Lipinski definition) is 3. The highest BCUT2D eigenvalue weighted by atomic mass is 19.4. The Hall–Kier alpha value is -6.13. The molecule has 2 atom stereocenters. The lowest BCUT2D eigenvalue weighted by atomic mass is 10.00. The summed E-state index contributed by atoms with van der Waals surface area (Å²) in [4.78, 5) is 54.4. The highest BCUT2D eigenvalue weighted by molar-refractivity contribution is 5.68. The van der Waals surface area contributed by atoms with Crippen LogP contribution in [0, 0.1) is 18.6 Å². The molecular weight excluding hydrogens is 791 g/mol. The van der Waals surface area contributed by atoms with Gasteiger partial charge in [-0.1, -0.05) is 78.9 Å². The fourth-order valence-electron chi connectivity index (χ4n) is 7.27. The molecule has 0 spiro atoms. The van der Waals surface area contributed by atoms with Gasteiger partial charge in [-0.2, -0.15) is 13.2 Å². The number of methoxy groups -OCH3 is 1. The van der Waals surface area contributed by atoms with Gasteiger partial charge in [-0.15, -0.1) is 0 Å². The van der Waals surface area contributed by atoms with E-state index in [1.807, 2.05) is 35.2 Å². The Labute approximate surface area is 342 Å². The number of ether oxygens (including phenoxy) is 1. The Morgan fingerprint density at radius 1 is 0.817 bits per heavy atom. The second kappa shape index (κ2) is 20.2. The molecule has 4 aromatic carbocycles. The minimum absolute atomic E-state index is 0.0976. The van der Waals surface area contributed by atoms with Crippen molar-refractivity contribution in [2.24, 2.45) is 0 Å². The first-order valence-electron chi connectivity index (χ1n) is 19.1. The number of aliphatic carboxylic acids is 2. The Bertz CT molecular complexity index is 2390. The predicted octanol–water partition coefficient (Wildman–Crippen LogP) is 7.44. The number of nitrogens with one attached hydrogen (secondary N) is 1. The average molecular weight is 837 g/mol. The molecule has 0 bridgehead atoms. The molecule has 11 nitrogen and oxygen atoms in total. The van der Waals surface area contributed by atoms with Gasteiger partial charge >= 0.3 is 23.8 Å². The Balaban J connectivity index is 1.74. The number of nitrogens with zero attached hydrogens (tertiary/aromatic N) is 3. The van der Waals surface area contributed by atoms with Crippen molar-refractivity contribution in [2.75, 3.05) is 26.7 Å². The monoisotopic (exact) mass is 836 g/mol. The summed E-state index contributed by atoms with van der Waals surface area (Å²) in [6.45, 7) is 0.382. The average Bonchev–Trinajstić information content (AvgIpc) is 3.21. The van der Waals surface area contributed by atoms with Crippen LogP contribution in [-0.2, 0) is 28.9 Å². The fraction of sp³-hybridized carbons (Fsp3) is 0.318. The SMILES string of the molecule is COc1cccc(-c2c(C)n(Cc3c(F)cccc3C(F)(F)F)c(=O)n(C[C@@H](c3ccccc3)N(CCCC(=O)O)C[C@H](NCCCC(=O)O)c3ccccc3)c2=O)c1F. The van der Waals surface area contributed by atoms with Crippen molar-refractivity contribution in [3.63, 3.8) is 0 Å². The molecule has 0 aliphatic carbocycles. The summed E-state index contributed by atoms with van der Waals surface area (Å²) < 4.78 is 81.0. The normalized spacial score (nSPS) is 12.7. The summed E-state index contributed by atoms with van der Waals surface area (Å²) in [5.41, 5.74) is -3.82. The molecule has 5 rings (SSSR count). The smallest absolute Gasteiger partial charge is 0.416 e. The zero-order valence-electron chi connectivity index (χ0n) is 32.9. The van der Waals surface area contributed by atoms with Crippen LogP contribution in [0.5, 0.6) is 5.75 Å². The van der Waals surface area contributed by atoms with Crippen LogP contribution in [0.25, 0.3) is 11.1 Å². The zero-order chi connectivity index (χ0) is 43.6. The van der Waals surface area contributed by atoms with Gasteiger partial charge in [0.15, 0.2) is 11.6 Å². The molecular formula is C44H45F5N4O7. The molecule has 0 fully saturated rings.